The second-order valence-electron chi connectivity index (χ2n) is 4.53. The monoisotopic (exact) mass is 286 g/mol. The van der Waals surface area contributed by atoms with Crippen LogP contribution >= 0.6 is 0 Å². The van der Waals surface area contributed by atoms with Crippen LogP contribution in [0, 0.1) is 6.92 Å². The van der Waals surface area contributed by atoms with E-state index in [0.29, 0.717) is 31.9 Å². The van der Waals surface area contributed by atoms with Crippen LogP contribution in [0.4, 0.5) is 0 Å². The van der Waals surface area contributed by atoms with Crippen LogP contribution in [0.5, 0.6) is 0 Å². The second-order valence-corrected chi connectivity index (χ2v) is 6.79. The van der Waals surface area contributed by atoms with Crippen LogP contribution in [0.3, 0.4) is 0 Å². The Bertz CT molecular complexity index is 558. The van der Waals surface area contributed by atoms with E-state index in [1.807, 2.05) is 6.92 Å². The number of amides is 1. The van der Waals surface area contributed by atoms with E-state index in [1.165, 1.54) is 4.31 Å². The molecule has 0 radical (unpaired) electrons. The highest BCUT2D eigenvalue weighted by atomic mass is 32.2. The Morgan fingerprint density at radius 3 is 2.47 bits per heavy atom. The SMILES string of the molecule is CCS(=O)(=O)N1CCN(C(=O)c2cc(C)[nH]n2)CC1. The van der Waals surface area contributed by atoms with E-state index in [4.69, 9.17) is 0 Å². The van der Waals surface area contributed by atoms with Crippen molar-refractivity contribution in [2.24, 2.45) is 0 Å². The van der Waals surface area contributed by atoms with Crippen molar-refractivity contribution in [2.75, 3.05) is 31.9 Å². The molecule has 0 saturated carbocycles. The van der Waals surface area contributed by atoms with Crippen LogP contribution in [0.1, 0.15) is 23.1 Å². The molecule has 0 spiro atoms. The van der Waals surface area contributed by atoms with Gasteiger partial charge in [0.2, 0.25) is 10.0 Å². The Hall–Kier alpha value is -1.41. The molecule has 2 heterocycles. The molecule has 1 N–H and O–H groups in total. The third-order valence-electron chi connectivity index (χ3n) is 3.21. The summed E-state index contributed by atoms with van der Waals surface area (Å²) in [6.07, 6.45) is 0. The van der Waals surface area contributed by atoms with Gasteiger partial charge in [-0.05, 0) is 19.9 Å². The Balaban J connectivity index is 1.99. The minimum Gasteiger partial charge on any atom is -0.335 e. The van der Waals surface area contributed by atoms with Gasteiger partial charge in [-0.15, -0.1) is 0 Å². The summed E-state index contributed by atoms with van der Waals surface area (Å²) in [6.45, 7) is 4.97. The molecule has 8 heteroatoms. The van der Waals surface area contributed by atoms with Gasteiger partial charge in [-0.25, -0.2) is 8.42 Å². The van der Waals surface area contributed by atoms with Gasteiger partial charge < -0.3 is 4.90 Å². The van der Waals surface area contributed by atoms with E-state index in [-0.39, 0.29) is 11.7 Å². The first kappa shape index (κ1) is 14.0. The van der Waals surface area contributed by atoms with Crippen molar-refractivity contribution in [1.82, 2.24) is 19.4 Å². The lowest BCUT2D eigenvalue weighted by Gasteiger charge is -2.33. The first-order chi connectivity index (χ1) is 8.94. The van der Waals surface area contributed by atoms with Gasteiger partial charge in [0.25, 0.3) is 5.91 Å². The number of H-pyrrole nitrogens is 1. The molecule has 2 rings (SSSR count). The van der Waals surface area contributed by atoms with Crippen LogP contribution in [0.25, 0.3) is 0 Å². The zero-order chi connectivity index (χ0) is 14.0. The van der Waals surface area contributed by atoms with Crippen molar-refractivity contribution < 1.29 is 13.2 Å². The Labute approximate surface area is 112 Å². The van der Waals surface area contributed by atoms with Gasteiger partial charge >= 0.3 is 0 Å². The summed E-state index contributed by atoms with van der Waals surface area (Å²) in [5.41, 5.74) is 1.21. The predicted octanol–water partition coefficient (Wildman–Crippen LogP) is -0.174. The van der Waals surface area contributed by atoms with E-state index in [9.17, 15) is 13.2 Å². The fourth-order valence-corrected chi connectivity index (χ4v) is 3.13. The smallest absolute Gasteiger partial charge is 0.274 e. The van der Waals surface area contributed by atoms with Crippen LogP contribution in [0.15, 0.2) is 6.07 Å². The van der Waals surface area contributed by atoms with Crippen LogP contribution < -0.4 is 0 Å². The third kappa shape index (κ3) is 2.95. The average molecular weight is 286 g/mol. The summed E-state index contributed by atoms with van der Waals surface area (Å²) in [5.74, 6) is -0.0580. The van der Waals surface area contributed by atoms with Gasteiger partial charge in [0, 0.05) is 31.9 Å². The molecule has 1 aliphatic rings. The van der Waals surface area contributed by atoms with Crippen LogP contribution in [0.2, 0.25) is 0 Å². The normalized spacial score (nSPS) is 17.7. The van der Waals surface area contributed by atoms with Gasteiger partial charge in [-0.3, -0.25) is 9.89 Å². The highest BCUT2D eigenvalue weighted by Gasteiger charge is 2.28. The molecule has 1 aromatic rings. The maximum absolute atomic E-state index is 12.1. The zero-order valence-corrected chi connectivity index (χ0v) is 11.9. The highest BCUT2D eigenvalue weighted by molar-refractivity contribution is 7.89. The number of carbonyl (C=O) groups excluding carboxylic acids is 1. The van der Waals surface area contributed by atoms with E-state index in [1.54, 1.807) is 17.9 Å². The van der Waals surface area contributed by atoms with Crippen molar-refractivity contribution in [3.05, 3.63) is 17.5 Å². The van der Waals surface area contributed by atoms with Crippen molar-refractivity contribution in [3.8, 4) is 0 Å². The Morgan fingerprint density at radius 1 is 1.37 bits per heavy atom. The van der Waals surface area contributed by atoms with Crippen LogP contribution in [-0.2, 0) is 10.0 Å². The predicted molar refractivity (Wildman–Crippen MR) is 70.3 cm³/mol. The summed E-state index contributed by atoms with van der Waals surface area (Å²) in [6, 6.07) is 1.69. The summed E-state index contributed by atoms with van der Waals surface area (Å²) < 4.78 is 24.9. The maximum atomic E-state index is 12.1. The number of aryl methyl sites for hydroxylation is 1. The molecule has 0 aliphatic carbocycles. The summed E-state index contributed by atoms with van der Waals surface area (Å²) in [5, 5.41) is 6.65. The first-order valence-corrected chi connectivity index (χ1v) is 7.84. The van der Waals surface area contributed by atoms with Gasteiger partial charge in [-0.1, -0.05) is 0 Å². The fourth-order valence-electron chi connectivity index (χ4n) is 2.04. The Kier molecular flexibility index (Phi) is 3.91. The molecule has 19 heavy (non-hydrogen) atoms. The molecule has 1 amide bonds. The number of sulfonamides is 1. The minimum absolute atomic E-state index is 0.0967. The molecule has 0 atom stereocenters. The maximum Gasteiger partial charge on any atom is 0.274 e. The standard InChI is InChI=1S/C11H18N4O3S/c1-3-19(17,18)15-6-4-14(5-7-15)11(16)10-8-9(2)12-13-10/h8H,3-7H2,1-2H3,(H,12,13). The molecule has 1 fully saturated rings. The van der Waals surface area contributed by atoms with Gasteiger partial charge in [0.15, 0.2) is 0 Å². The highest BCUT2D eigenvalue weighted by Crippen LogP contribution is 2.11. The topological polar surface area (TPSA) is 86.4 Å². The third-order valence-corrected chi connectivity index (χ3v) is 5.09. The number of piperazine rings is 1. The average Bonchev–Trinajstić information content (AvgIpc) is 2.85. The number of hydrogen-bond donors (Lipinski definition) is 1. The van der Waals surface area contributed by atoms with Gasteiger partial charge in [0.1, 0.15) is 5.69 Å². The molecule has 1 saturated heterocycles. The molecular weight excluding hydrogens is 268 g/mol. The second kappa shape index (κ2) is 5.30. The molecule has 106 valence electrons. The summed E-state index contributed by atoms with van der Waals surface area (Å²) in [7, 11) is -3.16. The van der Waals surface area contributed by atoms with E-state index < -0.39 is 10.0 Å². The van der Waals surface area contributed by atoms with Gasteiger partial charge in [-0.2, -0.15) is 9.40 Å². The number of carbonyl (C=O) groups is 1. The lowest BCUT2D eigenvalue weighted by molar-refractivity contribution is 0.0692. The summed E-state index contributed by atoms with van der Waals surface area (Å²) in [4.78, 5) is 13.8. The van der Waals surface area contributed by atoms with E-state index in [2.05, 4.69) is 10.2 Å². The van der Waals surface area contributed by atoms with Crippen LogP contribution in [-0.4, -0.2) is 65.7 Å². The molecule has 0 bridgehead atoms. The zero-order valence-electron chi connectivity index (χ0n) is 11.1. The van der Waals surface area contributed by atoms with E-state index in [0.717, 1.165) is 5.69 Å². The van der Waals surface area contributed by atoms with Crippen molar-refractivity contribution in [2.45, 2.75) is 13.8 Å². The van der Waals surface area contributed by atoms with Crippen molar-refractivity contribution >= 4 is 15.9 Å². The largest absolute Gasteiger partial charge is 0.335 e. The number of hydrogen-bond acceptors (Lipinski definition) is 4. The van der Waals surface area contributed by atoms with Gasteiger partial charge in [0.05, 0.1) is 5.75 Å². The molecule has 0 aromatic carbocycles. The number of nitrogens with one attached hydrogen (secondary N) is 1. The number of nitrogens with zero attached hydrogens (tertiary/aromatic N) is 3. The molecule has 7 nitrogen and oxygen atoms in total. The lowest BCUT2D eigenvalue weighted by Crippen LogP contribution is -2.50. The van der Waals surface area contributed by atoms with Crippen molar-refractivity contribution in [1.29, 1.82) is 0 Å². The number of rotatable bonds is 3. The van der Waals surface area contributed by atoms with Crippen molar-refractivity contribution in [3.63, 3.8) is 0 Å². The molecular formula is C11H18N4O3S. The summed E-state index contributed by atoms with van der Waals surface area (Å²) >= 11 is 0. The lowest BCUT2D eigenvalue weighted by atomic mass is 10.3. The quantitative estimate of drug-likeness (QED) is 0.835. The fraction of sp³-hybridized carbons (Fsp3) is 0.636. The molecule has 1 aliphatic heterocycles. The minimum atomic E-state index is -3.16. The number of aromatic nitrogens is 2. The molecule has 0 unspecified atom stereocenters. The Morgan fingerprint density at radius 2 is 2.00 bits per heavy atom. The van der Waals surface area contributed by atoms with E-state index >= 15 is 0 Å². The first-order valence-electron chi connectivity index (χ1n) is 6.23. The number of aromatic amines is 1. The molecule has 1 aromatic heterocycles.